The van der Waals surface area contributed by atoms with Gasteiger partial charge in [0.2, 0.25) is 0 Å². The summed E-state index contributed by atoms with van der Waals surface area (Å²) in [5, 5.41) is 0. The first-order chi connectivity index (χ1) is 8.17. The number of allylic oxidation sites excluding steroid dienone is 3. The van der Waals surface area contributed by atoms with E-state index in [1.165, 1.54) is 37.0 Å². The minimum atomic E-state index is -0.122. The molecule has 3 aliphatic rings. The lowest BCUT2D eigenvalue weighted by molar-refractivity contribution is 0.494. The van der Waals surface area contributed by atoms with Gasteiger partial charge in [-0.05, 0) is 37.3 Å². The Morgan fingerprint density at radius 1 is 1.47 bits per heavy atom. The first-order valence-corrected chi connectivity index (χ1v) is 7.42. The van der Waals surface area contributed by atoms with Crippen molar-refractivity contribution in [1.82, 2.24) is 0 Å². The highest BCUT2D eigenvalue weighted by Gasteiger charge is 2.47. The molecule has 0 N–H and O–H groups in total. The molecule has 1 spiro atoms. The molecule has 1 nitrogen and oxygen atoms in total. The summed E-state index contributed by atoms with van der Waals surface area (Å²) in [6.07, 6.45) is 8.39. The number of halogens is 2. The zero-order chi connectivity index (χ0) is 12.0. The van der Waals surface area contributed by atoms with E-state index in [0.717, 1.165) is 12.8 Å². The van der Waals surface area contributed by atoms with Gasteiger partial charge in [0, 0.05) is 16.0 Å². The summed E-state index contributed by atoms with van der Waals surface area (Å²) < 4.78 is 14.0. The number of rotatable bonds is 1. The maximum Gasteiger partial charge on any atom is 0.145 e. The lowest BCUT2D eigenvalue weighted by atomic mass is 9.72. The maximum absolute atomic E-state index is 14.0. The van der Waals surface area contributed by atoms with Crippen LogP contribution in [-0.4, -0.2) is 10.5 Å². The lowest BCUT2D eigenvalue weighted by Crippen LogP contribution is -2.28. The molecular weight excluding hydrogens is 281 g/mol. The van der Waals surface area contributed by atoms with Crippen molar-refractivity contribution in [2.45, 2.75) is 50.3 Å². The fraction of sp³-hybridized carbons (Fsp3) is 0.643. The van der Waals surface area contributed by atoms with Gasteiger partial charge in [0.25, 0.3) is 0 Å². The van der Waals surface area contributed by atoms with E-state index in [1.807, 2.05) is 0 Å². The molecule has 1 aliphatic heterocycles. The molecule has 3 rings (SSSR count). The van der Waals surface area contributed by atoms with Gasteiger partial charge in [-0.15, -0.1) is 0 Å². The van der Waals surface area contributed by atoms with Crippen LogP contribution in [0.1, 0.15) is 45.4 Å². The van der Waals surface area contributed by atoms with E-state index in [1.54, 1.807) is 6.08 Å². The van der Waals surface area contributed by atoms with Gasteiger partial charge in [-0.25, -0.2) is 4.39 Å². The third-order valence-corrected chi connectivity index (χ3v) is 5.00. The van der Waals surface area contributed by atoms with Crippen molar-refractivity contribution < 1.29 is 4.39 Å². The Hall–Kier alpha value is -0.440. The van der Waals surface area contributed by atoms with Crippen LogP contribution >= 0.6 is 15.9 Å². The number of hydrogen-bond acceptors (Lipinski definition) is 1. The largest absolute Gasteiger partial charge is 0.254 e. The van der Waals surface area contributed by atoms with Crippen molar-refractivity contribution in [3.63, 3.8) is 0 Å². The third kappa shape index (κ3) is 1.58. The number of fused-ring (bicyclic) bond motifs is 1. The first kappa shape index (κ1) is 11.6. The van der Waals surface area contributed by atoms with Gasteiger partial charge in [-0.3, -0.25) is 4.99 Å². The van der Waals surface area contributed by atoms with Gasteiger partial charge in [-0.2, -0.15) is 0 Å². The molecular formula is C14H17BrFN. The van der Waals surface area contributed by atoms with Gasteiger partial charge >= 0.3 is 0 Å². The molecule has 0 bridgehead atoms. The van der Waals surface area contributed by atoms with Crippen LogP contribution < -0.4 is 0 Å². The summed E-state index contributed by atoms with van der Waals surface area (Å²) in [5.41, 5.74) is 3.29. The summed E-state index contributed by atoms with van der Waals surface area (Å²) in [4.78, 5) is 4.76. The summed E-state index contributed by atoms with van der Waals surface area (Å²) in [6, 6.07) is 0. The Morgan fingerprint density at radius 3 is 2.82 bits per heavy atom. The lowest BCUT2D eigenvalue weighted by Gasteiger charge is -2.31. The van der Waals surface area contributed by atoms with E-state index in [9.17, 15) is 4.39 Å². The molecule has 92 valence electrons. The summed E-state index contributed by atoms with van der Waals surface area (Å²) in [7, 11) is 0. The van der Waals surface area contributed by atoms with Crippen LogP contribution in [-0.2, 0) is 0 Å². The van der Waals surface area contributed by atoms with Gasteiger partial charge < -0.3 is 0 Å². The predicted molar refractivity (Wildman–Crippen MR) is 72.2 cm³/mol. The van der Waals surface area contributed by atoms with Crippen molar-refractivity contribution in [2.24, 2.45) is 10.4 Å². The average Bonchev–Trinajstić information content (AvgIpc) is 2.87. The molecule has 1 heterocycles. The van der Waals surface area contributed by atoms with Gasteiger partial charge in [0.15, 0.2) is 0 Å². The average molecular weight is 298 g/mol. The van der Waals surface area contributed by atoms with Crippen molar-refractivity contribution in [2.75, 3.05) is 0 Å². The number of nitrogens with zero attached hydrogens (tertiary/aromatic N) is 1. The zero-order valence-electron chi connectivity index (χ0n) is 10.1. The normalized spacial score (nSPS) is 30.6. The molecule has 0 aromatic carbocycles. The van der Waals surface area contributed by atoms with Crippen molar-refractivity contribution >= 4 is 21.6 Å². The molecule has 1 unspecified atom stereocenters. The topological polar surface area (TPSA) is 12.4 Å². The molecule has 0 aromatic heterocycles. The predicted octanol–water partition coefficient (Wildman–Crippen LogP) is 4.69. The highest BCUT2D eigenvalue weighted by atomic mass is 79.9. The van der Waals surface area contributed by atoms with E-state index in [-0.39, 0.29) is 16.1 Å². The molecule has 0 aromatic rings. The summed E-state index contributed by atoms with van der Waals surface area (Å²) in [5.74, 6) is -0.122. The molecule has 1 atom stereocenters. The molecule has 3 heteroatoms. The third-order valence-electron chi connectivity index (χ3n) is 4.41. The first-order valence-electron chi connectivity index (χ1n) is 6.51. The van der Waals surface area contributed by atoms with E-state index >= 15 is 0 Å². The van der Waals surface area contributed by atoms with Crippen LogP contribution in [0.3, 0.4) is 0 Å². The van der Waals surface area contributed by atoms with Crippen molar-refractivity contribution in [3.8, 4) is 0 Å². The smallest absolute Gasteiger partial charge is 0.145 e. The zero-order valence-corrected chi connectivity index (χ0v) is 11.7. The molecule has 2 aliphatic carbocycles. The van der Waals surface area contributed by atoms with E-state index in [2.05, 4.69) is 27.8 Å². The molecule has 17 heavy (non-hydrogen) atoms. The van der Waals surface area contributed by atoms with Crippen LogP contribution in [0.4, 0.5) is 4.39 Å². The second-order valence-electron chi connectivity index (χ2n) is 5.26. The molecule has 0 saturated heterocycles. The number of aliphatic imine (C=N–C) groups is 1. The number of alkyl halides is 1. The molecule has 0 radical (unpaired) electrons. The van der Waals surface area contributed by atoms with Crippen LogP contribution in [0.15, 0.2) is 28.2 Å². The van der Waals surface area contributed by atoms with E-state index in [4.69, 9.17) is 0 Å². The summed E-state index contributed by atoms with van der Waals surface area (Å²) in [6.45, 7) is 2.14. The van der Waals surface area contributed by atoms with Crippen LogP contribution in [0.2, 0.25) is 0 Å². The standard InChI is InChI=1S/C14H17BrFN/c1-2-12-14(5-3-4-6-14)10-7-9(15)8-11(16)13(10)17-12/h8-9H,2-7H2,1H3. The maximum atomic E-state index is 14.0. The monoisotopic (exact) mass is 297 g/mol. The second-order valence-corrected chi connectivity index (χ2v) is 6.44. The molecule has 1 saturated carbocycles. The highest BCUT2D eigenvalue weighted by Crippen LogP contribution is 2.55. The minimum Gasteiger partial charge on any atom is -0.254 e. The van der Waals surface area contributed by atoms with Gasteiger partial charge in [0.05, 0.1) is 5.70 Å². The fourth-order valence-electron chi connectivity index (χ4n) is 3.68. The Labute approximate surface area is 110 Å². The van der Waals surface area contributed by atoms with E-state index in [0.29, 0.717) is 5.70 Å². The summed E-state index contributed by atoms with van der Waals surface area (Å²) >= 11 is 3.54. The SMILES string of the molecule is CCC1=NC2=C(CC(Br)C=C2F)C12CCCC2. The quantitative estimate of drug-likeness (QED) is 0.623. The molecule has 1 fully saturated rings. The Bertz CT molecular complexity index is 441. The molecule has 0 amide bonds. The number of hydrogen-bond donors (Lipinski definition) is 0. The van der Waals surface area contributed by atoms with Gasteiger partial charge in [0.1, 0.15) is 5.83 Å². The highest BCUT2D eigenvalue weighted by molar-refractivity contribution is 9.09. The van der Waals surface area contributed by atoms with Gasteiger partial charge in [-0.1, -0.05) is 35.7 Å². The van der Waals surface area contributed by atoms with Crippen LogP contribution in [0.5, 0.6) is 0 Å². The van der Waals surface area contributed by atoms with Crippen molar-refractivity contribution in [3.05, 3.63) is 23.2 Å². The van der Waals surface area contributed by atoms with Crippen LogP contribution in [0, 0.1) is 5.41 Å². The Morgan fingerprint density at radius 2 is 2.18 bits per heavy atom. The fourth-order valence-corrected chi connectivity index (χ4v) is 4.23. The Balaban J connectivity index is 2.09. The second kappa shape index (κ2) is 4.04. The van der Waals surface area contributed by atoms with Crippen molar-refractivity contribution in [1.29, 1.82) is 0 Å². The van der Waals surface area contributed by atoms with Crippen LogP contribution in [0.25, 0.3) is 0 Å². The minimum absolute atomic E-state index is 0.122. The Kier molecular flexibility index (Phi) is 2.77. The van der Waals surface area contributed by atoms with E-state index < -0.39 is 0 Å².